The molecule has 0 aliphatic rings. The first-order chi connectivity index (χ1) is 19.2. The second-order valence-electron chi connectivity index (χ2n) is 11.7. The Morgan fingerprint density at radius 2 is 1.20 bits per heavy atom. The molecule has 4 rings (SSSR count). The molecule has 0 fully saturated rings. The van der Waals surface area contributed by atoms with E-state index in [0.717, 1.165) is 21.7 Å². The van der Waals surface area contributed by atoms with Gasteiger partial charge in [-0.15, -0.1) is 0 Å². The van der Waals surface area contributed by atoms with Crippen molar-refractivity contribution in [2.75, 3.05) is 0 Å². The fraction of sp³-hybridized carbons (Fsp3) is 0.242. The summed E-state index contributed by atoms with van der Waals surface area (Å²) in [6.07, 6.45) is 1.71. The Bertz CT molecular complexity index is 1480. The van der Waals surface area contributed by atoms with E-state index in [9.17, 15) is 9.67 Å². The van der Waals surface area contributed by atoms with Crippen molar-refractivity contribution >= 4 is 62.9 Å². The van der Waals surface area contributed by atoms with E-state index in [1.165, 1.54) is 0 Å². The van der Waals surface area contributed by atoms with Gasteiger partial charge in [0.2, 0.25) is 0 Å². The minimum absolute atomic E-state index is 0.0927. The van der Waals surface area contributed by atoms with Crippen LogP contribution in [-0.4, -0.2) is 11.3 Å². The molecule has 0 aliphatic heterocycles. The average molecular weight is 664 g/mol. The van der Waals surface area contributed by atoms with Crippen LogP contribution in [0, 0.1) is 0 Å². The molecule has 215 valence electrons. The first kappa shape index (κ1) is 33.7. The Morgan fingerprint density at radius 3 is 1.66 bits per heavy atom. The Labute approximate surface area is 262 Å². The van der Waals surface area contributed by atoms with E-state index >= 15 is 0 Å². The van der Waals surface area contributed by atoms with Crippen molar-refractivity contribution in [1.29, 1.82) is 0 Å². The average Bonchev–Trinajstić information content (AvgIpc) is 2.91. The van der Waals surface area contributed by atoms with Crippen LogP contribution in [0.15, 0.2) is 102 Å². The standard InChI is InChI=1S/C33H36NO2P.3ClH.Ti/c1-32(2,3)25-21-24(31(35)28(22-25)33(4,5)6)23-34-29-19-13-14-20-30(29)37(36,26-15-9-7-10-16-26)27-17-11-8-12-18-27;;;;/h7-23,35H,1-6H3;3*1H;/q;;;;+3/p-3. The number of hydrogen-bond donors (Lipinski definition) is 1. The van der Waals surface area contributed by atoms with Crippen LogP contribution in [0.25, 0.3) is 0 Å². The molecule has 0 unspecified atom stereocenters. The first-order valence-corrected chi connectivity index (χ1v) is 21.4. The van der Waals surface area contributed by atoms with E-state index in [1.807, 2.05) is 91.0 Å². The summed E-state index contributed by atoms with van der Waals surface area (Å²) in [5.74, 6) is 0.232. The molecule has 0 aliphatic carbocycles. The summed E-state index contributed by atoms with van der Waals surface area (Å²) in [4.78, 5) is 4.84. The zero-order valence-corrected chi connectivity index (χ0v) is 28.9. The number of aromatic hydroxyl groups is 1. The number of nitrogens with zero attached hydrogens (tertiary/aromatic N) is 1. The fourth-order valence-electron chi connectivity index (χ4n) is 4.44. The third-order valence-electron chi connectivity index (χ3n) is 6.62. The van der Waals surface area contributed by atoms with Crippen LogP contribution < -0.4 is 15.9 Å². The summed E-state index contributed by atoms with van der Waals surface area (Å²) in [6, 6.07) is 30.9. The predicted molar refractivity (Wildman–Crippen MR) is 176 cm³/mol. The molecule has 1 N–H and O–H groups in total. The van der Waals surface area contributed by atoms with E-state index in [0.29, 0.717) is 16.6 Å². The SMILES string of the molecule is CC(C)(C)c1cc(C=Nc2ccccc2P(=O)(c2ccccc2)c2ccccc2)c(O)c(C(C)(C)C)c1.[Cl][Ti]([Cl])[Cl]. The summed E-state index contributed by atoms with van der Waals surface area (Å²) >= 11 is -1.92. The van der Waals surface area contributed by atoms with Gasteiger partial charge in [-0.05, 0) is 34.6 Å². The number of phenolic OH excluding ortho intramolecular Hbond substituents is 1. The Balaban J connectivity index is 0.00000108. The van der Waals surface area contributed by atoms with Gasteiger partial charge in [0, 0.05) is 33.3 Å². The fourth-order valence-corrected chi connectivity index (χ4v) is 7.23. The van der Waals surface area contributed by atoms with Gasteiger partial charge < -0.3 is 9.67 Å². The van der Waals surface area contributed by atoms with Crippen LogP contribution in [-0.2, 0) is 30.1 Å². The van der Waals surface area contributed by atoms with Gasteiger partial charge in [-0.1, -0.05) is 120 Å². The first-order valence-electron chi connectivity index (χ1n) is 13.2. The molecular formula is C33H36Cl3NO2PTi. The molecule has 41 heavy (non-hydrogen) atoms. The van der Waals surface area contributed by atoms with Gasteiger partial charge >= 0.3 is 42.6 Å². The maximum atomic E-state index is 15.0. The topological polar surface area (TPSA) is 49.7 Å². The molecule has 0 saturated carbocycles. The van der Waals surface area contributed by atoms with Gasteiger partial charge in [-0.2, -0.15) is 0 Å². The molecule has 0 atom stereocenters. The minimum atomic E-state index is -3.20. The van der Waals surface area contributed by atoms with E-state index in [1.54, 1.807) is 6.21 Å². The molecule has 0 saturated heterocycles. The van der Waals surface area contributed by atoms with Gasteiger partial charge in [0.25, 0.3) is 0 Å². The van der Waals surface area contributed by atoms with Crippen molar-refractivity contribution in [3.8, 4) is 5.75 Å². The number of para-hydroxylation sites is 1. The quantitative estimate of drug-likeness (QED) is 0.131. The van der Waals surface area contributed by atoms with Crippen LogP contribution in [0.4, 0.5) is 5.69 Å². The molecular weight excluding hydrogens is 628 g/mol. The monoisotopic (exact) mass is 662 g/mol. The van der Waals surface area contributed by atoms with Crippen molar-refractivity contribution < 1.29 is 24.4 Å². The molecule has 4 aromatic carbocycles. The Hall–Kier alpha value is -1.84. The molecule has 0 spiro atoms. The van der Waals surface area contributed by atoms with Crippen LogP contribution in [0.1, 0.15) is 58.2 Å². The van der Waals surface area contributed by atoms with E-state index in [-0.39, 0.29) is 16.6 Å². The van der Waals surface area contributed by atoms with Gasteiger partial charge in [0.15, 0.2) is 7.14 Å². The van der Waals surface area contributed by atoms with E-state index in [2.05, 4.69) is 47.6 Å². The zero-order valence-electron chi connectivity index (χ0n) is 24.2. The number of aliphatic imine (C=N–C) groups is 1. The third kappa shape index (κ3) is 8.60. The third-order valence-corrected chi connectivity index (χ3v) is 9.72. The van der Waals surface area contributed by atoms with Crippen molar-refractivity contribution in [3.05, 3.63) is 114 Å². The Kier molecular flexibility index (Phi) is 11.6. The number of halogens is 3. The zero-order chi connectivity index (χ0) is 30.4. The van der Waals surface area contributed by atoms with E-state index < -0.39 is 21.8 Å². The van der Waals surface area contributed by atoms with Crippen molar-refractivity contribution in [1.82, 2.24) is 0 Å². The summed E-state index contributed by atoms with van der Waals surface area (Å²) in [6.45, 7) is 12.8. The van der Waals surface area contributed by atoms with Crippen LogP contribution >= 0.6 is 35.1 Å². The normalized spacial score (nSPS) is 12.1. The molecule has 0 amide bonds. The summed E-state index contributed by atoms with van der Waals surface area (Å²) < 4.78 is 15.0. The van der Waals surface area contributed by atoms with E-state index in [4.69, 9.17) is 32.9 Å². The number of phenols is 1. The van der Waals surface area contributed by atoms with Gasteiger partial charge in [0.05, 0.1) is 5.69 Å². The number of hydrogen-bond acceptors (Lipinski definition) is 3. The summed E-state index contributed by atoms with van der Waals surface area (Å²) in [7, 11) is 11.7. The van der Waals surface area contributed by atoms with Gasteiger partial charge in [-0.25, -0.2) is 0 Å². The van der Waals surface area contributed by atoms with Gasteiger partial charge in [0.1, 0.15) is 5.75 Å². The number of benzene rings is 4. The van der Waals surface area contributed by atoms with Crippen molar-refractivity contribution in [3.63, 3.8) is 0 Å². The van der Waals surface area contributed by atoms with Crippen molar-refractivity contribution in [2.24, 2.45) is 4.99 Å². The molecule has 8 heteroatoms. The van der Waals surface area contributed by atoms with Crippen LogP contribution in [0.2, 0.25) is 0 Å². The Morgan fingerprint density at radius 1 is 0.732 bits per heavy atom. The van der Waals surface area contributed by atoms with Crippen LogP contribution in [0.3, 0.4) is 0 Å². The van der Waals surface area contributed by atoms with Gasteiger partial charge in [-0.3, -0.25) is 4.99 Å². The second kappa shape index (κ2) is 14.1. The predicted octanol–water partition coefficient (Wildman–Crippen LogP) is 9.44. The molecule has 4 aromatic rings. The molecule has 0 heterocycles. The second-order valence-corrected chi connectivity index (χ2v) is 22.2. The molecule has 0 aromatic heterocycles. The molecule has 0 radical (unpaired) electrons. The number of rotatable bonds is 5. The maximum absolute atomic E-state index is 15.0. The van der Waals surface area contributed by atoms with Crippen LogP contribution in [0.5, 0.6) is 5.75 Å². The summed E-state index contributed by atoms with van der Waals surface area (Å²) in [5.41, 5.74) is 2.96. The molecule has 0 bridgehead atoms. The summed E-state index contributed by atoms with van der Waals surface area (Å²) in [5, 5.41) is 13.4. The van der Waals surface area contributed by atoms with Crippen molar-refractivity contribution in [2.45, 2.75) is 52.4 Å². The molecule has 3 nitrogen and oxygen atoms in total.